The van der Waals surface area contributed by atoms with E-state index < -0.39 is 6.04 Å². The number of nitrogens with one attached hydrogen (secondary N) is 3. The smallest absolute Gasteiger partial charge is 0.251 e. The quantitative estimate of drug-likeness (QED) is 0.585. The van der Waals surface area contributed by atoms with Gasteiger partial charge in [0.15, 0.2) is 0 Å². The normalized spacial score (nSPS) is 11.4. The molecule has 29 heavy (non-hydrogen) atoms. The van der Waals surface area contributed by atoms with Gasteiger partial charge < -0.3 is 16.0 Å². The van der Waals surface area contributed by atoms with Gasteiger partial charge in [0.1, 0.15) is 6.04 Å². The lowest BCUT2D eigenvalue weighted by Gasteiger charge is -2.21. The Morgan fingerprint density at radius 1 is 0.862 bits per heavy atom. The van der Waals surface area contributed by atoms with E-state index in [0.717, 1.165) is 22.4 Å². The number of benzene rings is 3. The second-order valence-corrected chi connectivity index (χ2v) is 6.96. The molecule has 3 N–H and O–H groups in total. The van der Waals surface area contributed by atoms with Crippen molar-refractivity contribution in [1.82, 2.24) is 5.32 Å². The summed E-state index contributed by atoms with van der Waals surface area (Å²) in [6, 6.07) is 22.0. The number of aryl methyl sites for hydroxylation is 2. The molecule has 0 fully saturated rings. The maximum absolute atomic E-state index is 13.2. The molecule has 2 amide bonds. The lowest BCUT2D eigenvalue weighted by Crippen LogP contribution is -2.27. The third kappa shape index (κ3) is 5.02. The van der Waals surface area contributed by atoms with Gasteiger partial charge in [0, 0.05) is 24.0 Å². The number of hydrogen-bond donors (Lipinski definition) is 3. The molecule has 0 aliphatic carbocycles. The molecule has 3 rings (SSSR count). The van der Waals surface area contributed by atoms with Crippen molar-refractivity contribution in [2.75, 3.05) is 17.7 Å². The van der Waals surface area contributed by atoms with Crippen molar-refractivity contribution >= 4 is 23.2 Å². The van der Waals surface area contributed by atoms with Crippen LogP contribution in [0.3, 0.4) is 0 Å². The van der Waals surface area contributed by atoms with E-state index in [4.69, 9.17) is 0 Å². The highest BCUT2D eigenvalue weighted by Gasteiger charge is 2.21. The highest BCUT2D eigenvalue weighted by atomic mass is 16.2. The Morgan fingerprint density at radius 3 is 2.34 bits per heavy atom. The predicted octanol–water partition coefficient (Wildman–Crippen LogP) is 4.45. The fourth-order valence-electron chi connectivity index (χ4n) is 3.08. The van der Waals surface area contributed by atoms with Crippen LogP contribution in [-0.2, 0) is 4.79 Å². The van der Waals surface area contributed by atoms with E-state index in [0.29, 0.717) is 11.3 Å². The van der Waals surface area contributed by atoms with E-state index in [2.05, 4.69) is 16.0 Å². The molecule has 3 aromatic carbocycles. The number of rotatable bonds is 6. The summed E-state index contributed by atoms with van der Waals surface area (Å²) in [5.41, 5.74) is 4.92. The van der Waals surface area contributed by atoms with Crippen molar-refractivity contribution in [3.8, 4) is 0 Å². The standard InChI is InChI=1S/C24H25N3O2/c1-16-12-13-17(2)21(14-16)27-24(29)22(18-8-5-4-6-9-18)26-20-11-7-10-19(15-20)23(28)25-3/h4-15,22,26H,1-3H3,(H,25,28)(H,27,29)/t22-/m1/s1. The molecule has 0 aliphatic heterocycles. The average molecular weight is 387 g/mol. The Balaban J connectivity index is 1.90. The van der Waals surface area contributed by atoms with Crippen LogP contribution in [0.2, 0.25) is 0 Å². The number of carbonyl (C=O) groups is 2. The Kier molecular flexibility index (Phi) is 6.29. The molecule has 0 radical (unpaired) electrons. The van der Waals surface area contributed by atoms with E-state index in [1.807, 2.05) is 68.4 Å². The SMILES string of the molecule is CNC(=O)c1cccc(N[C@@H](C(=O)Nc2cc(C)ccc2C)c2ccccc2)c1. The van der Waals surface area contributed by atoms with Gasteiger partial charge in [-0.15, -0.1) is 0 Å². The molecular formula is C24H25N3O2. The third-order valence-corrected chi connectivity index (χ3v) is 4.71. The fraction of sp³-hybridized carbons (Fsp3) is 0.167. The summed E-state index contributed by atoms with van der Waals surface area (Å²) < 4.78 is 0. The minimum Gasteiger partial charge on any atom is -0.370 e. The van der Waals surface area contributed by atoms with Crippen LogP contribution in [-0.4, -0.2) is 18.9 Å². The van der Waals surface area contributed by atoms with E-state index >= 15 is 0 Å². The lowest BCUT2D eigenvalue weighted by molar-refractivity contribution is -0.117. The first-order valence-corrected chi connectivity index (χ1v) is 9.49. The van der Waals surface area contributed by atoms with Crippen molar-refractivity contribution in [2.45, 2.75) is 19.9 Å². The Bertz CT molecular complexity index is 1020. The van der Waals surface area contributed by atoms with Crippen LogP contribution >= 0.6 is 0 Å². The van der Waals surface area contributed by atoms with Crippen molar-refractivity contribution in [1.29, 1.82) is 0 Å². The molecule has 0 spiro atoms. The van der Waals surface area contributed by atoms with Gasteiger partial charge in [-0.05, 0) is 54.8 Å². The molecule has 0 saturated carbocycles. The topological polar surface area (TPSA) is 70.2 Å². The summed E-state index contributed by atoms with van der Waals surface area (Å²) in [5.74, 6) is -0.347. The fourth-order valence-corrected chi connectivity index (χ4v) is 3.08. The number of amides is 2. The van der Waals surface area contributed by atoms with E-state index in [9.17, 15) is 9.59 Å². The summed E-state index contributed by atoms with van der Waals surface area (Å²) in [7, 11) is 1.59. The third-order valence-electron chi connectivity index (χ3n) is 4.71. The Morgan fingerprint density at radius 2 is 1.62 bits per heavy atom. The summed E-state index contributed by atoms with van der Waals surface area (Å²) >= 11 is 0. The predicted molar refractivity (Wildman–Crippen MR) is 117 cm³/mol. The van der Waals surface area contributed by atoms with Crippen LogP contribution in [0.25, 0.3) is 0 Å². The average Bonchev–Trinajstić information content (AvgIpc) is 2.74. The van der Waals surface area contributed by atoms with Crippen molar-refractivity contribution in [3.63, 3.8) is 0 Å². The van der Waals surface area contributed by atoms with Gasteiger partial charge in [0.25, 0.3) is 11.8 Å². The van der Waals surface area contributed by atoms with Crippen LogP contribution in [0.15, 0.2) is 72.8 Å². The van der Waals surface area contributed by atoms with E-state index in [1.54, 1.807) is 25.2 Å². The molecule has 0 bridgehead atoms. The zero-order valence-electron chi connectivity index (χ0n) is 16.8. The van der Waals surface area contributed by atoms with Crippen molar-refractivity contribution in [3.05, 3.63) is 95.1 Å². The van der Waals surface area contributed by atoms with Gasteiger partial charge in [-0.2, -0.15) is 0 Å². The zero-order valence-corrected chi connectivity index (χ0v) is 16.8. The molecule has 5 heteroatoms. The van der Waals surface area contributed by atoms with Crippen molar-refractivity contribution in [2.24, 2.45) is 0 Å². The molecule has 5 nitrogen and oxygen atoms in total. The first-order valence-electron chi connectivity index (χ1n) is 9.49. The van der Waals surface area contributed by atoms with E-state index in [1.165, 1.54) is 0 Å². The second kappa shape index (κ2) is 9.06. The van der Waals surface area contributed by atoms with Crippen LogP contribution in [0, 0.1) is 13.8 Å². The summed E-state index contributed by atoms with van der Waals surface area (Å²) in [6.45, 7) is 3.96. The first kappa shape index (κ1) is 20.1. The summed E-state index contributed by atoms with van der Waals surface area (Å²) in [4.78, 5) is 25.2. The number of carbonyl (C=O) groups excluding carboxylic acids is 2. The minimum absolute atomic E-state index is 0.171. The Labute approximate surface area is 171 Å². The zero-order chi connectivity index (χ0) is 20.8. The van der Waals surface area contributed by atoms with Crippen LogP contribution in [0.1, 0.15) is 33.1 Å². The molecule has 0 aliphatic rings. The molecular weight excluding hydrogens is 362 g/mol. The second-order valence-electron chi connectivity index (χ2n) is 6.96. The van der Waals surface area contributed by atoms with Gasteiger partial charge in [-0.1, -0.05) is 48.5 Å². The Hall–Kier alpha value is -3.60. The monoisotopic (exact) mass is 387 g/mol. The first-order chi connectivity index (χ1) is 14.0. The molecule has 0 saturated heterocycles. The van der Waals surface area contributed by atoms with Gasteiger partial charge >= 0.3 is 0 Å². The van der Waals surface area contributed by atoms with Crippen LogP contribution in [0.4, 0.5) is 11.4 Å². The summed E-state index contributed by atoms with van der Waals surface area (Å²) in [5, 5.41) is 8.93. The van der Waals surface area contributed by atoms with Crippen LogP contribution in [0.5, 0.6) is 0 Å². The van der Waals surface area contributed by atoms with E-state index in [-0.39, 0.29) is 11.8 Å². The van der Waals surface area contributed by atoms with Crippen molar-refractivity contribution < 1.29 is 9.59 Å². The maximum atomic E-state index is 13.2. The van der Waals surface area contributed by atoms with Crippen LogP contribution < -0.4 is 16.0 Å². The largest absolute Gasteiger partial charge is 0.370 e. The lowest BCUT2D eigenvalue weighted by atomic mass is 10.0. The molecule has 0 heterocycles. The molecule has 0 aromatic heterocycles. The van der Waals surface area contributed by atoms with Gasteiger partial charge in [0.2, 0.25) is 0 Å². The number of hydrogen-bond acceptors (Lipinski definition) is 3. The molecule has 3 aromatic rings. The molecule has 148 valence electrons. The minimum atomic E-state index is -0.615. The summed E-state index contributed by atoms with van der Waals surface area (Å²) in [6.07, 6.45) is 0. The van der Waals surface area contributed by atoms with Gasteiger partial charge in [-0.3, -0.25) is 9.59 Å². The molecule has 1 atom stereocenters. The highest BCUT2D eigenvalue weighted by Crippen LogP contribution is 2.24. The highest BCUT2D eigenvalue weighted by molar-refractivity contribution is 5.98. The van der Waals surface area contributed by atoms with Gasteiger partial charge in [-0.25, -0.2) is 0 Å². The van der Waals surface area contributed by atoms with Gasteiger partial charge in [0.05, 0.1) is 0 Å². The molecule has 0 unspecified atom stereocenters. The maximum Gasteiger partial charge on any atom is 0.251 e. The number of anilines is 2.